The second kappa shape index (κ2) is 7.78. The van der Waals surface area contributed by atoms with Crippen LogP contribution in [-0.4, -0.2) is 15.6 Å². The Balaban J connectivity index is 1.40. The average molecular weight is 428 g/mol. The number of ketones is 1. The van der Waals surface area contributed by atoms with Gasteiger partial charge in [0.2, 0.25) is 0 Å². The van der Waals surface area contributed by atoms with E-state index in [2.05, 4.69) is 5.10 Å². The number of allylic oxidation sites excluding steroid dienone is 1. The van der Waals surface area contributed by atoms with Crippen molar-refractivity contribution in [2.24, 2.45) is 0 Å². The van der Waals surface area contributed by atoms with Crippen LogP contribution < -0.4 is 10.5 Å². The molecule has 5 rings (SSSR count). The molecule has 0 saturated heterocycles. The molecular weight excluding hydrogens is 410 g/mol. The molecular formula is C25H18ClN3O2. The molecule has 1 aromatic heterocycles. The molecule has 0 atom stereocenters. The van der Waals surface area contributed by atoms with Crippen LogP contribution in [0.5, 0.6) is 11.5 Å². The summed E-state index contributed by atoms with van der Waals surface area (Å²) in [5, 5.41) is 4.74. The first kappa shape index (κ1) is 19.2. The van der Waals surface area contributed by atoms with Gasteiger partial charge in [-0.15, -0.1) is 0 Å². The van der Waals surface area contributed by atoms with Gasteiger partial charge in [-0.25, -0.2) is 4.68 Å². The fourth-order valence-electron chi connectivity index (χ4n) is 3.66. The van der Waals surface area contributed by atoms with Crippen molar-refractivity contribution in [3.63, 3.8) is 0 Å². The number of rotatable bonds is 5. The van der Waals surface area contributed by atoms with Crippen molar-refractivity contribution in [1.29, 1.82) is 0 Å². The van der Waals surface area contributed by atoms with Gasteiger partial charge < -0.3 is 10.5 Å². The first-order valence-electron chi connectivity index (χ1n) is 9.79. The molecule has 0 radical (unpaired) electrons. The van der Waals surface area contributed by atoms with Crippen molar-refractivity contribution in [1.82, 2.24) is 9.78 Å². The van der Waals surface area contributed by atoms with Gasteiger partial charge in [-0.1, -0.05) is 54.1 Å². The Hall–Kier alpha value is -3.83. The van der Waals surface area contributed by atoms with Gasteiger partial charge in [-0.05, 0) is 47.5 Å². The Labute approximate surface area is 184 Å². The van der Waals surface area contributed by atoms with Crippen LogP contribution in [0.25, 0.3) is 11.8 Å². The summed E-state index contributed by atoms with van der Waals surface area (Å²) in [7, 11) is 0. The summed E-state index contributed by atoms with van der Waals surface area (Å²) in [4.78, 5) is 13.1. The molecule has 5 nitrogen and oxygen atoms in total. The minimum Gasteiger partial charge on any atom is -0.456 e. The molecule has 0 amide bonds. The van der Waals surface area contributed by atoms with Crippen molar-refractivity contribution in [2.75, 3.05) is 5.73 Å². The summed E-state index contributed by atoms with van der Waals surface area (Å²) in [5.41, 5.74) is 10.2. The van der Waals surface area contributed by atoms with Crippen molar-refractivity contribution in [2.45, 2.75) is 6.42 Å². The van der Waals surface area contributed by atoms with Crippen LogP contribution >= 0.6 is 11.6 Å². The van der Waals surface area contributed by atoms with Crippen LogP contribution in [-0.2, 0) is 6.42 Å². The van der Waals surface area contributed by atoms with Crippen molar-refractivity contribution >= 4 is 29.3 Å². The number of benzene rings is 3. The number of nitrogen functional groups attached to an aromatic ring is 1. The number of ether oxygens (including phenoxy) is 1. The topological polar surface area (TPSA) is 70.1 Å². The van der Waals surface area contributed by atoms with E-state index in [1.165, 1.54) is 10.9 Å². The zero-order valence-electron chi connectivity index (χ0n) is 16.5. The van der Waals surface area contributed by atoms with Gasteiger partial charge >= 0.3 is 0 Å². The molecule has 0 unspecified atom stereocenters. The number of nitrogens with two attached hydrogens (primary N) is 1. The van der Waals surface area contributed by atoms with Gasteiger partial charge in [0.05, 0.1) is 22.5 Å². The lowest BCUT2D eigenvalue weighted by atomic mass is 10.0. The van der Waals surface area contributed by atoms with Gasteiger partial charge in [0.25, 0.3) is 0 Å². The van der Waals surface area contributed by atoms with E-state index >= 15 is 0 Å². The Morgan fingerprint density at radius 1 is 1.03 bits per heavy atom. The summed E-state index contributed by atoms with van der Waals surface area (Å²) in [5.74, 6) is 1.37. The van der Waals surface area contributed by atoms with Gasteiger partial charge in [0.15, 0.2) is 5.78 Å². The predicted molar refractivity (Wildman–Crippen MR) is 122 cm³/mol. The van der Waals surface area contributed by atoms with Gasteiger partial charge in [-0.3, -0.25) is 4.79 Å². The molecule has 6 heteroatoms. The van der Waals surface area contributed by atoms with Gasteiger partial charge in [0, 0.05) is 12.0 Å². The monoisotopic (exact) mass is 427 g/mol. The average Bonchev–Trinajstić information content (AvgIpc) is 3.39. The van der Waals surface area contributed by atoms with Crippen LogP contribution in [0.15, 0.2) is 84.6 Å². The molecule has 4 aromatic rings. The number of hydrogen-bond donors (Lipinski definition) is 1. The minimum atomic E-state index is -0.116. The molecule has 3 aromatic carbocycles. The molecule has 0 bridgehead atoms. The molecule has 0 saturated carbocycles. The van der Waals surface area contributed by atoms with Crippen LogP contribution in [0.2, 0.25) is 5.02 Å². The Kier molecular flexibility index (Phi) is 4.81. The van der Waals surface area contributed by atoms with Crippen molar-refractivity contribution in [3.05, 3.63) is 106 Å². The number of halogens is 1. The predicted octanol–water partition coefficient (Wildman–Crippen LogP) is 5.72. The fraction of sp³-hybridized carbons (Fsp3) is 0.0400. The van der Waals surface area contributed by atoms with Crippen LogP contribution in [0.1, 0.15) is 21.5 Å². The van der Waals surface area contributed by atoms with E-state index in [0.29, 0.717) is 39.8 Å². The summed E-state index contributed by atoms with van der Waals surface area (Å²) in [6.45, 7) is 0. The Bertz CT molecular complexity index is 1330. The number of hydrogen-bond acceptors (Lipinski definition) is 4. The lowest BCUT2D eigenvalue weighted by Crippen LogP contribution is -2.08. The fourth-order valence-corrected chi connectivity index (χ4v) is 3.87. The number of anilines is 1. The highest BCUT2D eigenvalue weighted by Crippen LogP contribution is 2.33. The quantitative estimate of drug-likeness (QED) is 0.413. The van der Waals surface area contributed by atoms with Gasteiger partial charge in [0.1, 0.15) is 17.3 Å². The standard InChI is InChI=1S/C25H18ClN3O2/c26-22-14-19(10-11-23(22)31-20-8-2-1-3-9-20)29-25(27)21(15-28-29)24(30)18-12-16-6-4-5-7-17(16)13-18/h1-12,14-15H,13,27H2. The van der Waals surface area contributed by atoms with E-state index in [1.807, 2.05) is 60.7 Å². The maximum atomic E-state index is 13.1. The molecule has 1 aliphatic carbocycles. The second-order valence-electron chi connectivity index (χ2n) is 7.26. The molecule has 0 fully saturated rings. The first-order chi connectivity index (χ1) is 15.1. The van der Waals surface area contributed by atoms with Crippen LogP contribution in [0, 0.1) is 0 Å². The molecule has 1 heterocycles. The largest absolute Gasteiger partial charge is 0.456 e. The second-order valence-corrected chi connectivity index (χ2v) is 7.67. The maximum absolute atomic E-state index is 13.1. The molecule has 1 aliphatic rings. The summed E-state index contributed by atoms with van der Waals surface area (Å²) in [6, 6.07) is 22.6. The number of carbonyl (C=O) groups excluding carboxylic acids is 1. The van der Waals surface area contributed by atoms with Crippen LogP contribution in [0.3, 0.4) is 0 Å². The number of para-hydroxylation sites is 1. The molecule has 152 valence electrons. The lowest BCUT2D eigenvalue weighted by molar-refractivity contribution is 0.103. The highest BCUT2D eigenvalue weighted by molar-refractivity contribution is 6.32. The van der Waals surface area contributed by atoms with E-state index in [9.17, 15) is 4.79 Å². The van der Waals surface area contributed by atoms with Crippen LogP contribution in [0.4, 0.5) is 5.82 Å². The number of aromatic nitrogens is 2. The SMILES string of the molecule is Nc1c(C(=O)C2=Cc3ccccc3C2)cnn1-c1ccc(Oc2ccccc2)c(Cl)c1. The van der Waals surface area contributed by atoms with Crippen molar-refractivity contribution in [3.8, 4) is 17.2 Å². The third-order valence-electron chi connectivity index (χ3n) is 5.24. The first-order valence-corrected chi connectivity index (χ1v) is 10.2. The Morgan fingerprint density at radius 3 is 2.58 bits per heavy atom. The smallest absolute Gasteiger partial charge is 0.194 e. The zero-order valence-corrected chi connectivity index (χ0v) is 17.2. The normalized spacial score (nSPS) is 12.4. The van der Waals surface area contributed by atoms with E-state index in [-0.39, 0.29) is 11.6 Å². The summed E-state index contributed by atoms with van der Waals surface area (Å²) < 4.78 is 7.33. The van der Waals surface area contributed by atoms with E-state index in [4.69, 9.17) is 22.1 Å². The molecule has 2 N–H and O–H groups in total. The highest BCUT2D eigenvalue weighted by Gasteiger charge is 2.24. The van der Waals surface area contributed by atoms with E-state index in [0.717, 1.165) is 11.1 Å². The third-order valence-corrected chi connectivity index (χ3v) is 5.53. The number of nitrogens with zero attached hydrogens (tertiary/aromatic N) is 2. The zero-order chi connectivity index (χ0) is 21.4. The Morgan fingerprint density at radius 2 is 1.81 bits per heavy atom. The number of carbonyl (C=O) groups is 1. The van der Waals surface area contributed by atoms with E-state index < -0.39 is 0 Å². The number of fused-ring (bicyclic) bond motifs is 1. The number of Topliss-reactive ketones (excluding diaryl/α,β-unsaturated/α-hetero) is 1. The summed E-state index contributed by atoms with van der Waals surface area (Å²) >= 11 is 6.42. The summed E-state index contributed by atoms with van der Waals surface area (Å²) in [6.07, 6.45) is 4.02. The minimum absolute atomic E-state index is 0.116. The lowest BCUT2D eigenvalue weighted by Gasteiger charge is -2.10. The maximum Gasteiger partial charge on any atom is 0.194 e. The molecule has 0 aliphatic heterocycles. The third kappa shape index (κ3) is 3.60. The van der Waals surface area contributed by atoms with Gasteiger partial charge in [-0.2, -0.15) is 5.10 Å². The van der Waals surface area contributed by atoms with Crippen molar-refractivity contribution < 1.29 is 9.53 Å². The van der Waals surface area contributed by atoms with E-state index in [1.54, 1.807) is 18.2 Å². The highest BCUT2D eigenvalue weighted by atomic mass is 35.5. The molecule has 0 spiro atoms. The molecule has 31 heavy (non-hydrogen) atoms.